The van der Waals surface area contributed by atoms with Gasteiger partial charge in [-0.05, 0) is 36.5 Å². The highest BCUT2D eigenvalue weighted by atomic mass is 35.5. The van der Waals surface area contributed by atoms with Gasteiger partial charge in [0.2, 0.25) is 5.91 Å². The van der Waals surface area contributed by atoms with Gasteiger partial charge in [0.05, 0.1) is 22.7 Å². The minimum atomic E-state index is -0.396. The lowest BCUT2D eigenvalue weighted by Gasteiger charge is -2.11. The van der Waals surface area contributed by atoms with Gasteiger partial charge in [-0.15, -0.1) is 0 Å². The summed E-state index contributed by atoms with van der Waals surface area (Å²) < 4.78 is 1.39. The number of hydrogen-bond acceptors (Lipinski definition) is 5. The van der Waals surface area contributed by atoms with Crippen molar-refractivity contribution in [2.24, 2.45) is 0 Å². The average molecular weight is 465 g/mol. The maximum Gasteiger partial charge on any atom is 0.287 e. The molecule has 0 aliphatic rings. The molecule has 29 heavy (non-hydrogen) atoms. The van der Waals surface area contributed by atoms with Gasteiger partial charge >= 0.3 is 0 Å². The number of nitrogens with one attached hydrogen (secondary N) is 2. The van der Waals surface area contributed by atoms with Crippen LogP contribution in [0.5, 0.6) is 0 Å². The number of hydrogen-bond donors (Lipinski definition) is 2. The molecule has 3 aromatic rings. The van der Waals surface area contributed by atoms with Crippen LogP contribution in [0.3, 0.4) is 0 Å². The summed E-state index contributed by atoms with van der Waals surface area (Å²) in [6, 6.07) is 16.0. The molecule has 2 aromatic carbocycles. The van der Waals surface area contributed by atoms with Gasteiger partial charge in [-0.25, -0.2) is 4.98 Å². The number of benzene rings is 2. The number of anilines is 1. The van der Waals surface area contributed by atoms with Crippen LogP contribution in [0.1, 0.15) is 0 Å². The van der Waals surface area contributed by atoms with E-state index in [1.807, 2.05) is 18.2 Å². The summed E-state index contributed by atoms with van der Waals surface area (Å²) in [4.78, 5) is 28.9. The second-order valence-electron chi connectivity index (χ2n) is 5.65. The van der Waals surface area contributed by atoms with Crippen molar-refractivity contribution in [3.63, 3.8) is 0 Å². The molecule has 10 heteroatoms. The lowest BCUT2D eigenvalue weighted by Crippen LogP contribution is -2.35. The Morgan fingerprint density at radius 3 is 2.52 bits per heavy atom. The molecule has 0 saturated heterocycles. The Labute approximate surface area is 186 Å². The number of thioether (sulfide) groups is 1. The Morgan fingerprint density at radius 1 is 1.10 bits per heavy atom. The summed E-state index contributed by atoms with van der Waals surface area (Å²) in [5.41, 5.74) is 0.864. The van der Waals surface area contributed by atoms with Gasteiger partial charge in [0.1, 0.15) is 5.15 Å². The standard InChI is InChI=1S/C19H14Cl2N4O2S2/c20-13-8-4-5-9-14(13)22-19(28)24-16(26)11-29-17-18(27)25(10-15(21)23-17)12-6-2-1-3-7-12/h1-10H,11H2,(H2,22,24,26,28). The smallest absolute Gasteiger partial charge is 0.287 e. The molecule has 6 nitrogen and oxygen atoms in total. The number of carbonyl (C=O) groups is 1. The normalized spacial score (nSPS) is 10.4. The number of amides is 1. The molecule has 1 heterocycles. The number of carbonyl (C=O) groups excluding carboxylic acids is 1. The van der Waals surface area contributed by atoms with E-state index >= 15 is 0 Å². The second kappa shape index (κ2) is 9.89. The van der Waals surface area contributed by atoms with Crippen molar-refractivity contribution in [2.45, 2.75) is 5.03 Å². The van der Waals surface area contributed by atoms with Crippen LogP contribution in [-0.4, -0.2) is 26.3 Å². The molecule has 0 spiro atoms. The highest BCUT2D eigenvalue weighted by Crippen LogP contribution is 2.20. The molecule has 0 fully saturated rings. The number of para-hydroxylation sites is 2. The number of halogens is 2. The highest BCUT2D eigenvalue weighted by molar-refractivity contribution is 7.99. The predicted octanol–water partition coefficient (Wildman–Crippen LogP) is 4.14. The summed E-state index contributed by atoms with van der Waals surface area (Å²) in [5, 5.41) is 6.22. The quantitative estimate of drug-likeness (QED) is 0.436. The van der Waals surface area contributed by atoms with Crippen LogP contribution in [0.15, 0.2) is 70.6 Å². The Kier molecular flexibility index (Phi) is 7.27. The second-order valence-corrected chi connectivity index (χ2v) is 7.82. The highest BCUT2D eigenvalue weighted by Gasteiger charge is 2.13. The van der Waals surface area contributed by atoms with Crippen molar-refractivity contribution in [3.8, 4) is 5.69 Å². The van der Waals surface area contributed by atoms with Crippen LogP contribution in [0.2, 0.25) is 10.2 Å². The van der Waals surface area contributed by atoms with Gasteiger partial charge in [0.25, 0.3) is 5.56 Å². The molecule has 0 atom stereocenters. The van der Waals surface area contributed by atoms with Crippen LogP contribution >= 0.6 is 47.2 Å². The molecule has 0 unspecified atom stereocenters. The van der Waals surface area contributed by atoms with E-state index in [1.54, 1.807) is 36.4 Å². The van der Waals surface area contributed by atoms with Gasteiger partial charge < -0.3 is 10.6 Å². The third-order valence-electron chi connectivity index (χ3n) is 3.60. The fourth-order valence-electron chi connectivity index (χ4n) is 2.33. The number of aromatic nitrogens is 2. The van der Waals surface area contributed by atoms with Crippen LogP contribution in [0.25, 0.3) is 5.69 Å². The zero-order chi connectivity index (χ0) is 20.8. The summed E-state index contributed by atoms with van der Waals surface area (Å²) in [7, 11) is 0. The Morgan fingerprint density at radius 2 is 1.79 bits per heavy atom. The van der Waals surface area contributed by atoms with Crippen molar-refractivity contribution in [1.29, 1.82) is 0 Å². The van der Waals surface area contributed by atoms with E-state index in [-0.39, 0.29) is 26.6 Å². The molecule has 0 saturated carbocycles. The Balaban J connectivity index is 1.64. The topological polar surface area (TPSA) is 76.0 Å². The zero-order valence-electron chi connectivity index (χ0n) is 14.8. The predicted molar refractivity (Wildman–Crippen MR) is 121 cm³/mol. The first-order chi connectivity index (χ1) is 13.9. The summed E-state index contributed by atoms with van der Waals surface area (Å²) >= 11 is 18.2. The monoisotopic (exact) mass is 464 g/mol. The lowest BCUT2D eigenvalue weighted by atomic mass is 10.3. The van der Waals surface area contributed by atoms with Crippen LogP contribution < -0.4 is 16.2 Å². The summed E-state index contributed by atoms with van der Waals surface area (Å²) in [6.07, 6.45) is 1.44. The Bertz CT molecular complexity index is 1110. The van der Waals surface area contributed by atoms with Gasteiger partial charge in [-0.1, -0.05) is 65.3 Å². The maximum atomic E-state index is 12.7. The van der Waals surface area contributed by atoms with Crippen molar-refractivity contribution < 1.29 is 4.79 Å². The first-order valence-corrected chi connectivity index (χ1v) is 10.4. The molecule has 2 N–H and O–H groups in total. The van der Waals surface area contributed by atoms with Crippen molar-refractivity contribution in [3.05, 3.63) is 81.3 Å². The van der Waals surface area contributed by atoms with Crippen LogP contribution in [0, 0.1) is 0 Å². The van der Waals surface area contributed by atoms with E-state index < -0.39 is 5.91 Å². The zero-order valence-corrected chi connectivity index (χ0v) is 17.9. The van der Waals surface area contributed by atoms with E-state index in [2.05, 4.69) is 15.6 Å². The molecular weight excluding hydrogens is 451 g/mol. The fourth-order valence-corrected chi connectivity index (χ4v) is 3.69. The molecular formula is C19H14Cl2N4O2S2. The molecule has 0 bridgehead atoms. The first kappa shape index (κ1) is 21.3. The minimum Gasteiger partial charge on any atom is -0.331 e. The number of rotatable bonds is 5. The van der Waals surface area contributed by atoms with E-state index in [1.165, 1.54) is 10.8 Å². The average Bonchev–Trinajstić information content (AvgIpc) is 2.70. The van der Waals surface area contributed by atoms with E-state index in [9.17, 15) is 9.59 Å². The van der Waals surface area contributed by atoms with Gasteiger partial charge in [-0.3, -0.25) is 14.2 Å². The molecule has 1 aromatic heterocycles. The van der Waals surface area contributed by atoms with Crippen molar-refractivity contribution in [1.82, 2.24) is 14.9 Å². The Hall–Kier alpha value is -2.39. The third kappa shape index (κ3) is 5.80. The minimum absolute atomic E-state index is 0.0677. The molecule has 3 rings (SSSR count). The largest absolute Gasteiger partial charge is 0.331 e. The SMILES string of the molecule is O=C(CSc1nc(Cl)cn(-c2ccccc2)c1=O)NC(=S)Nc1ccccc1Cl. The number of nitrogens with zero attached hydrogens (tertiary/aromatic N) is 2. The fraction of sp³-hybridized carbons (Fsp3) is 0.0526. The molecule has 0 radical (unpaired) electrons. The summed E-state index contributed by atoms with van der Waals surface area (Å²) in [5.74, 6) is -0.464. The van der Waals surface area contributed by atoms with Gasteiger partial charge in [0, 0.05) is 5.69 Å². The van der Waals surface area contributed by atoms with Gasteiger partial charge in [0.15, 0.2) is 10.1 Å². The van der Waals surface area contributed by atoms with Crippen molar-refractivity contribution >= 4 is 63.9 Å². The van der Waals surface area contributed by atoms with Crippen LogP contribution in [-0.2, 0) is 4.79 Å². The van der Waals surface area contributed by atoms with Crippen LogP contribution in [0.4, 0.5) is 5.69 Å². The number of thiocarbonyl (C=S) groups is 1. The molecule has 0 aliphatic heterocycles. The lowest BCUT2D eigenvalue weighted by molar-refractivity contribution is -0.117. The van der Waals surface area contributed by atoms with E-state index in [4.69, 9.17) is 35.4 Å². The molecule has 1 amide bonds. The van der Waals surface area contributed by atoms with E-state index in [0.29, 0.717) is 16.4 Å². The first-order valence-electron chi connectivity index (χ1n) is 8.27. The van der Waals surface area contributed by atoms with E-state index in [0.717, 1.165) is 11.8 Å². The third-order valence-corrected chi connectivity index (χ3v) is 5.26. The molecule has 0 aliphatic carbocycles. The van der Waals surface area contributed by atoms with Crippen molar-refractivity contribution in [2.75, 3.05) is 11.1 Å². The molecule has 148 valence electrons. The maximum absolute atomic E-state index is 12.7. The van der Waals surface area contributed by atoms with Gasteiger partial charge in [-0.2, -0.15) is 0 Å². The summed E-state index contributed by atoms with van der Waals surface area (Å²) in [6.45, 7) is 0.